The van der Waals surface area contributed by atoms with Crippen molar-refractivity contribution in [2.45, 2.75) is 6.42 Å². The fraction of sp³-hybridized carbons (Fsp3) is 0.238. The first-order valence-electron chi connectivity index (χ1n) is 9.28. The fourth-order valence-electron chi connectivity index (χ4n) is 2.64. The van der Waals surface area contributed by atoms with Crippen LogP contribution in [0.5, 0.6) is 0 Å². The Hall–Kier alpha value is -2.92. The lowest BCUT2D eigenvalue weighted by Gasteiger charge is -2.13. The zero-order valence-electron chi connectivity index (χ0n) is 16.7. The zero-order valence-corrected chi connectivity index (χ0v) is 18.2. The fourth-order valence-corrected chi connectivity index (χ4v) is 3.17. The van der Waals surface area contributed by atoms with Crippen molar-refractivity contribution in [2.75, 3.05) is 37.8 Å². The third-order valence-electron chi connectivity index (χ3n) is 4.19. The highest BCUT2D eigenvalue weighted by Crippen LogP contribution is 2.26. The largest absolute Gasteiger partial charge is 0.353 e. The van der Waals surface area contributed by atoms with Crippen LogP contribution in [0.4, 0.5) is 17.6 Å². The molecule has 0 atom stereocenters. The standard InChI is InChI=1S/C21H21Cl2N7/c1-30(2)11-10-25-20-27-19(12-16-17(22)4-3-5-18(16)23)28-21(29-20)26-15-8-6-14(13-24)7-9-15/h3-9H,10-12H2,1-2H3,(H2,25,26,27,28,29). The van der Waals surface area contributed by atoms with Gasteiger partial charge < -0.3 is 15.5 Å². The Morgan fingerprint density at radius 1 is 0.967 bits per heavy atom. The van der Waals surface area contributed by atoms with E-state index in [1.165, 1.54) is 0 Å². The van der Waals surface area contributed by atoms with E-state index in [-0.39, 0.29) is 0 Å². The maximum Gasteiger partial charge on any atom is 0.232 e. The minimum atomic E-state index is 0.367. The van der Waals surface area contributed by atoms with E-state index in [9.17, 15) is 0 Å². The number of nitriles is 1. The number of halogens is 2. The van der Waals surface area contributed by atoms with Crippen molar-refractivity contribution in [3.8, 4) is 6.07 Å². The molecule has 0 aliphatic rings. The summed E-state index contributed by atoms with van der Waals surface area (Å²) < 4.78 is 0. The van der Waals surface area contributed by atoms with Gasteiger partial charge in [0.25, 0.3) is 0 Å². The quantitative estimate of drug-likeness (QED) is 0.536. The van der Waals surface area contributed by atoms with Crippen LogP contribution in [0, 0.1) is 11.3 Å². The number of anilines is 3. The highest BCUT2D eigenvalue weighted by atomic mass is 35.5. The van der Waals surface area contributed by atoms with Gasteiger partial charge in [-0.2, -0.15) is 20.2 Å². The summed E-state index contributed by atoms with van der Waals surface area (Å²) in [5.41, 5.74) is 2.10. The van der Waals surface area contributed by atoms with Crippen LogP contribution in [-0.4, -0.2) is 47.0 Å². The molecule has 0 aliphatic carbocycles. The third-order valence-corrected chi connectivity index (χ3v) is 4.90. The van der Waals surface area contributed by atoms with E-state index in [0.717, 1.165) is 17.8 Å². The summed E-state index contributed by atoms with van der Waals surface area (Å²) in [4.78, 5) is 15.6. The van der Waals surface area contributed by atoms with Crippen LogP contribution >= 0.6 is 23.2 Å². The predicted molar refractivity (Wildman–Crippen MR) is 121 cm³/mol. The van der Waals surface area contributed by atoms with Crippen molar-refractivity contribution in [3.63, 3.8) is 0 Å². The van der Waals surface area contributed by atoms with Crippen LogP contribution < -0.4 is 10.6 Å². The molecule has 0 saturated carbocycles. The maximum atomic E-state index is 8.96. The monoisotopic (exact) mass is 441 g/mol. The van der Waals surface area contributed by atoms with Crippen LogP contribution in [0.3, 0.4) is 0 Å². The average molecular weight is 442 g/mol. The molecule has 3 aromatic rings. The van der Waals surface area contributed by atoms with Gasteiger partial charge in [-0.1, -0.05) is 29.3 Å². The van der Waals surface area contributed by atoms with E-state index in [1.807, 2.05) is 14.1 Å². The number of nitrogens with zero attached hydrogens (tertiary/aromatic N) is 5. The Labute approximate surface area is 185 Å². The van der Waals surface area contributed by atoms with E-state index in [4.69, 9.17) is 28.5 Å². The molecule has 0 amide bonds. The minimum Gasteiger partial charge on any atom is -0.353 e. The second-order valence-electron chi connectivity index (χ2n) is 6.82. The van der Waals surface area contributed by atoms with E-state index < -0.39 is 0 Å². The summed E-state index contributed by atoms with van der Waals surface area (Å²) >= 11 is 12.6. The Morgan fingerprint density at radius 3 is 2.27 bits per heavy atom. The molecule has 154 valence electrons. The Kier molecular flexibility index (Phi) is 7.41. The molecule has 2 aromatic carbocycles. The maximum absolute atomic E-state index is 8.96. The Bertz CT molecular complexity index is 1030. The number of rotatable bonds is 8. The normalized spacial score (nSPS) is 10.7. The van der Waals surface area contributed by atoms with Crippen molar-refractivity contribution >= 4 is 40.8 Å². The van der Waals surface area contributed by atoms with Crippen LogP contribution in [0.2, 0.25) is 10.0 Å². The Morgan fingerprint density at radius 2 is 1.63 bits per heavy atom. The van der Waals surface area contributed by atoms with Gasteiger partial charge in [0.05, 0.1) is 11.6 Å². The number of benzene rings is 2. The van der Waals surface area contributed by atoms with Gasteiger partial charge in [0.2, 0.25) is 11.9 Å². The molecular formula is C21H21Cl2N7. The SMILES string of the molecule is CN(C)CCNc1nc(Cc2c(Cl)cccc2Cl)nc(Nc2ccc(C#N)cc2)n1. The van der Waals surface area contributed by atoms with Crippen molar-refractivity contribution in [3.05, 3.63) is 69.5 Å². The van der Waals surface area contributed by atoms with Crippen molar-refractivity contribution in [1.82, 2.24) is 19.9 Å². The molecule has 1 heterocycles. The summed E-state index contributed by atoms with van der Waals surface area (Å²) in [6.07, 6.45) is 0.367. The summed E-state index contributed by atoms with van der Waals surface area (Å²) in [5.74, 6) is 1.38. The molecule has 0 fully saturated rings. The van der Waals surface area contributed by atoms with Crippen LogP contribution in [0.1, 0.15) is 17.0 Å². The third kappa shape index (κ3) is 6.04. The van der Waals surface area contributed by atoms with Gasteiger partial charge in [-0.25, -0.2) is 0 Å². The summed E-state index contributed by atoms with van der Waals surface area (Å²) in [5, 5.41) is 16.5. The molecule has 30 heavy (non-hydrogen) atoms. The molecule has 7 nitrogen and oxygen atoms in total. The number of hydrogen-bond acceptors (Lipinski definition) is 7. The van der Waals surface area contributed by atoms with Gasteiger partial charge >= 0.3 is 0 Å². The van der Waals surface area contributed by atoms with E-state index in [1.54, 1.807) is 42.5 Å². The molecule has 1 aromatic heterocycles. The lowest BCUT2D eigenvalue weighted by atomic mass is 10.1. The highest BCUT2D eigenvalue weighted by Gasteiger charge is 2.12. The summed E-state index contributed by atoms with van der Waals surface area (Å²) in [7, 11) is 4.00. The topological polar surface area (TPSA) is 89.8 Å². The predicted octanol–water partition coefficient (Wildman–Crippen LogP) is 4.36. The molecular weight excluding hydrogens is 421 g/mol. The molecule has 0 bridgehead atoms. The molecule has 0 saturated heterocycles. The van der Waals surface area contributed by atoms with Crippen LogP contribution in [0.25, 0.3) is 0 Å². The molecule has 0 spiro atoms. The second-order valence-corrected chi connectivity index (χ2v) is 7.63. The van der Waals surface area contributed by atoms with Crippen molar-refractivity contribution in [2.24, 2.45) is 0 Å². The van der Waals surface area contributed by atoms with Crippen molar-refractivity contribution < 1.29 is 0 Å². The van der Waals surface area contributed by atoms with Crippen molar-refractivity contribution in [1.29, 1.82) is 5.26 Å². The molecule has 0 radical (unpaired) electrons. The van der Waals surface area contributed by atoms with Gasteiger partial charge in [0.15, 0.2) is 0 Å². The van der Waals surface area contributed by atoms with Gasteiger partial charge in [0.1, 0.15) is 5.82 Å². The molecule has 2 N–H and O–H groups in total. The van der Waals surface area contributed by atoms with E-state index >= 15 is 0 Å². The smallest absolute Gasteiger partial charge is 0.232 e. The van der Waals surface area contributed by atoms with Gasteiger partial charge in [0, 0.05) is 35.2 Å². The minimum absolute atomic E-state index is 0.367. The summed E-state index contributed by atoms with van der Waals surface area (Å²) in [6.45, 7) is 1.51. The number of likely N-dealkylation sites (N-methyl/N-ethyl adjacent to an activating group) is 1. The molecule has 0 unspecified atom stereocenters. The second kappa shape index (κ2) is 10.2. The number of aromatic nitrogens is 3. The van der Waals surface area contributed by atoms with Crippen LogP contribution in [0.15, 0.2) is 42.5 Å². The van der Waals surface area contributed by atoms with Crippen LogP contribution in [-0.2, 0) is 6.42 Å². The first-order valence-corrected chi connectivity index (χ1v) is 10.0. The lowest BCUT2D eigenvalue weighted by molar-refractivity contribution is 0.425. The first-order chi connectivity index (χ1) is 14.4. The first kappa shape index (κ1) is 21.8. The zero-order chi connectivity index (χ0) is 21.5. The van der Waals surface area contributed by atoms with Gasteiger partial charge in [-0.05, 0) is 56.1 Å². The van der Waals surface area contributed by atoms with E-state index in [0.29, 0.717) is 46.3 Å². The summed E-state index contributed by atoms with van der Waals surface area (Å²) in [6, 6.07) is 14.5. The molecule has 0 aliphatic heterocycles. The Balaban J connectivity index is 1.88. The number of nitrogens with one attached hydrogen (secondary N) is 2. The molecule has 9 heteroatoms. The van der Waals surface area contributed by atoms with Gasteiger partial charge in [-0.15, -0.1) is 0 Å². The number of hydrogen-bond donors (Lipinski definition) is 2. The van der Waals surface area contributed by atoms with Gasteiger partial charge in [-0.3, -0.25) is 0 Å². The molecule has 3 rings (SSSR count). The lowest BCUT2D eigenvalue weighted by Crippen LogP contribution is -2.22. The average Bonchev–Trinajstić information content (AvgIpc) is 2.71. The highest BCUT2D eigenvalue weighted by molar-refractivity contribution is 6.36. The van der Waals surface area contributed by atoms with E-state index in [2.05, 4.69) is 36.6 Å².